The molecular weight excluding hydrogens is 330 g/mol. The first-order valence-electron chi connectivity index (χ1n) is 7.79. The molecule has 3 rings (SSSR count). The monoisotopic (exact) mass is 349 g/mol. The van der Waals surface area contributed by atoms with E-state index in [0.29, 0.717) is 17.2 Å². The Balaban J connectivity index is 1.96. The van der Waals surface area contributed by atoms with Crippen molar-refractivity contribution in [3.63, 3.8) is 0 Å². The number of carbonyl (C=O) groups is 1. The smallest absolute Gasteiger partial charge is 0.242 e. The summed E-state index contributed by atoms with van der Waals surface area (Å²) in [6.45, 7) is 4.09. The van der Waals surface area contributed by atoms with Gasteiger partial charge in [-0.3, -0.25) is 4.79 Å². The van der Waals surface area contributed by atoms with Crippen molar-refractivity contribution in [2.45, 2.75) is 39.0 Å². The lowest BCUT2D eigenvalue weighted by molar-refractivity contribution is -0.116. The van der Waals surface area contributed by atoms with Crippen molar-refractivity contribution < 1.29 is 19.1 Å². The van der Waals surface area contributed by atoms with Gasteiger partial charge in [0.25, 0.3) is 0 Å². The molecule has 0 aliphatic carbocycles. The number of ether oxygens (including phenoxy) is 1. The van der Waals surface area contributed by atoms with Crippen molar-refractivity contribution in [2.75, 3.05) is 10.8 Å². The summed E-state index contributed by atoms with van der Waals surface area (Å²) >= 11 is 5.80. The van der Waals surface area contributed by atoms with Gasteiger partial charge in [-0.25, -0.2) is 0 Å². The molecule has 1 aromatic heterocycles. The molecule has 2 heterocycles. The van der Waals surface area contributed by atoms with Crippen molar-refractivity contribution in [3.8, 4) is 5.75 Å². The van der Waals surface area contributed by atoms with Crippen LogP contribution in [0.3, 0.4) is 0 Å². The van der Waals surface area contributed by atoms with E-state index < -0.39 is 0 Å². The van der Waals surface area contributed by atoms with Crippen LogP contribution in [0.2, 0.25) is 0 Å². The van der Waals surface area contributed by atoms with Gasteiger partial charge in [0.05, 0.1) is 12.2 Å². The van der Waals surface area contributed by atoms with Crippen LogP contribution in [0.1, 0.15) is 30.9 Å². The molecule has 0 atom stereocenters. The predicted octanol–water partition coefficient (Wildman–Crippen LogP) is 3.26. The molecule has 0 bridgehead atoms. The highest BCUT2D eigenvalue weighted by Crippen LogP contribution is 2.42. The highest BCUT2D eigenvalue weighted by atomic mass is 35.5. The molecule has 1 aromatic carbocycles. The van der Waals surface area contributed by atoms with E-state index >= 15 is 0 Å². The third-order valence-corrected chi connectivity index (χ3v) is 4.19. The van der Waals surface area contributed by atoms with Crippen LogP contribution in [0.15, 0.2) is 34.7 Å². The van der Waals surface area contributed by atoms with Gasteiger partial charge in [0.2, 0.25) is 5.91 Å². The van der Waals surface area contributed by atoms with Gasteiger partial charge in [-0.2, -0.15) is 0 Å². The normalized spacial score (nSPS) is 15.0. The molecule has 128 valence electrons. The number of nitrogens with zero attached hydrogens (tertiary/aromatic N) is 1. The Kier molecular flexibility index (Phi) is 4.56. The van der Waals surface area contributed by atoms with Crippen LogP contribution in [0.25, 0.3) is 0 Å². The molecule has 0 saturated heterocycles. The van der Waals surface area contributed by atoms with E-state index in [1.54, 1.807) is 17.0 Å². The summed E-state index contributed by atoms with van der Waals surface area (Å²) in [7, 11) is 0. The molecule has 0 saturated carbocycles. The van der Waals surface area contributed by atoms with Crippen molar-refractivity contribution >= 4 is 23.2 Å². The number of rotatable bonds is 5. The number of aliphatic hydroxyl groups is 1. The van der Waals surface area contributed by atoms with Gasteiger partial charge in [-0.15, -0.1) is 11.6 Å². The summed E-state index contributed by atoms with van der Waals surface area (Å²) in [6.07, 6.45) is 0.786. The van der Waals surface area contributed by atoms with Crippen LogP contribution in [0.4, 0.5) is 5.69 Å². The Labute approximate surface area is 145 Å². The summed E-state index contributed by atoms with van der Waals surface area (Å²) in [5.74, 6) is 1.38. The number of hydrogen-bond donors (Lipinski definition) is 1. The number of para-hydroxylation sites is 1. The molecule has 0 radical (unpaired) electrons. The first kappa shape index (κ1) is 16.9. The highest BCUT2D eigenvalue weighted by molar-refractivity contribution is 6.29. The average Bonchev–Trinajstić information content (AvgIpc) is 3.13. The lowest BCUT2D eigenvalue weighted by Crippen LogP contribution is -2.32. The standard InChI is InChI=1S/C18H20ClNO4/c1-18(2)8-12-4-3-5-15(17(12)24-18)20(16(22)9-19)10-13-6-7-14(11-21)23-13/h3-7,21H,8-11H2,1-2H3. The third kappa shape index (κ3) is 3.28. The molecule has 2 aromatic rings. The van der Waals surface area contributed by atoms with Gasteiger partial charge in [-0.05, 0) is 32.0 Å². The van der Waals surface area contributed by atoms with Crippen LogP contribution in [-0.2, 0) is 24.4 Å². The van der Waals surface area contributed by atoms with Gasteiger partial charge in [0, 0.05) is 12.0 Å². The Hall–Kier alpha value is -1.98. The van der Waals surface area contributed by atoms with Gasteiger partial charge < -0.3 is 19.2 Å². The average molecular weight is 350 g/mol. The third-order valence-electron chi connectivity index (χ3n) is 3.96. The minimum absolute atomic E-state index is 0.138. The Morgan fingerprint density at radius 2 is 2.04 bits per heavy atom. The second-order valence-electron chi connectivity index (χ2n) is 6.44. The molecule has 0 spiro atoms. The van der Waals surface area contributed by atoms with E-state index in [2.05, 4.69) is 0 Å². The second-order valence-corrected chi connectivity index (χ2v) is 6.71. The summed E-state index contributed by atoms with van der Waals surface area (Å²) < 4.78 is 11.6. The highest BCUT2D eigenvalue weighted by Gasteiger charge is 2.34. The lowest BCUT2D eigenvalue weighted by atomic mass is 10.0. The molecule has 0 unspecified atom stereocenters. The van der Waals surface area contributed by atoms with E-state index in [9.17, 15) is 4.79 Å². The number of hydrogen-bond acceptors (Lipinski definition) is 4. The molecule has 5 nitrogen and oxygen atoms in total. The molecule has 1 N–H and O–H groups in total. The summed E-state index contributed by atoms with van der Waals surface area (Å²) in [5, 5.41) is 9.13. The Morgan fingerprint density at radius 1 is 1.29 bits per heavy atom. The van der Waals surface area contributed by atoms with Crippen LogP contribution < -0.4 is 9.64 Å². The van der Waals surface area contributed by atoms with Crippen molar-refractivity contribution in [1.82, 2.24) is 0 Å². The van der Waals surface area contributed by atoms with Gasteiger partial charge in [0.15, 0.2) is 0 Å². The molecular formula is C18H20ClNO4. The number of furan rings is 1. The zero-order chi connectivity index (χ0) is 17.3. The van der Waals surface area contributed by atoms with Gasteiger partial charge in [-0.1, -0.05) is 12.1 Å². The number of amides is 1. The first-order chi connectivity index (χ1) is 11.4. The van der Waals surface area contributed by atoms with Crippen molar-refractivity contribution in [3.05, 3.63) is 47.4 Å². The zero-order valence-electron chi connectivity index (χ0n) is 13.7. The second kappa shape index (κ2) is 6.49. The minimum atomic E-state index is -0.303. The van der Waals surface area contributed by atoms with E-state index in [4.69, 9.17) is 25.9 Å². The van der Waals surface area contributed by atoms with E-state index in [1.165, 1.54) is 0 Å². The fraction of sp³-hybridized carbons (Fsp3) is 0.389. The number of alkyl halides is 1. The minimum Gasteiger partial charge on any atom is -0.485 e. The number of fused-ring (bicyclic) bond motifs is 1. The Bertz CT molecular complexity index is 753. The van der Waals surface area contributed by atoms with E-state index in [0.717, 1.165) is 17.7 Å². The maximum atomic E-state index is 12.4. The van der Waals surface area contributed by atoms with E-state index in [-0.39, 0.29) is 30.5 Å². The topological polar surface area (TPSA) is 62.9 Å². The van der Waals surface area contributed by atoms with Crippen molar-refractivity contribution in [2.24, 2.45) is 0 Å². The molecule has 0 fully saturated rings. The number of aliphatic hydroxyl groups excluding tert-OH is 1. The quantitative estimate of drug-likeness (QED) is 0.842. The summed E-state index contributed by atoms with van der Waals surface area (Å²) in [4.78, 5) is 14.0. The Morgan fingerprint density at radius 3 is 2.71 bits per heavy atom. The van der Waals surface area contributed by atoms with Gasteiger partial charge >= 0.3 is 0 Å². The fourth-order valence-electron chi connectivity index (χ4n) is 2.94. The number of halogens is 1. The van der Waals surface area contributed by atoms with Crippen LogP contribution in [0.5, 0.6) is 5.75 Å². The summed E-state index contributed by atoms with van der Waals surface area (Å²) in [5.41, 5.74) is 1.45. The zero-order valence-corrected chi connectivity index (χ0v) is 14.5. The summed E-state index contributed by atoms with van der Waals surface area (Å²) in [6, 6.07) is 9.20. The number of benzene rings is 1. The largest absolute Gasteiger partial charge is 0.485 e. The predicted molar refractivity (Wildman–Crippen MR) is 91.4 cm³/mol. The maximum absolute atomic E-state index is 12.4. The van der Waals surface area contributed by atoms with Gasteiger partial charge in [0.1, 0.15) is 35.4 Å². The number of anilines is 1. The van der Waals surface area contributed by atoms with Crippen LogP contribution >= 0.6 is 11.6 Å². The van der Waals surface area contributed by atoms with Crippen LogP contribution in [-0.4, -0.2) is 22.5 Å². The lowest BCUT2D eigenvalue weighted by Gasteiger charge is -2.24. The first-order valence-corrected chi connectivity index (χ1v) is 8.32. The molecule has 24 heavy (non-hydrogen) atoms. The fourth-order valence-corrected chi connectivity index (χ4v) is 3.08. The maximum Gasteiger partial charge on any atom is 0.242 e. The van der Waals surface area contributed by atoms with E-state index in [1.807, 2.05) is 32.0 Å². The molecule has 1 aliphatic heterocycles. The number of carbonyl (C=O) groups excluding carboxylic acids is 1. The molecule has 6 heteroatoms. The molecule has 1 aliphatic rings. The SMILES string of the molecule is CC1(C)Cc2cccc(N(Cc3ccc(CO)o3)C(=O)CCl)c2O1. The van der Waals surface area contributed by atoms with Crippen molar-refractivity contribution in [1.29, 1.82) is 0 Å². The van der Waals surface area contributed by atoms with Crippen LogP contribution in [0, 0.1) is 0 Å². The molecule has 1 amide bonds.